The number of rotatable bonds is 5. The molecule has 0 radical (unpaired) electrons. The molecule has 0 fully saturated rings. The van der Waals surface area contributed by atoms with Gasteiger partial charge in [0.25, 0.3) is 0 Å². The number of nitrogen functional groups attached to an aromatic ring is 1. The molecule has 0 aliphatic rings. The summed E-state index contributed by atoms with van der Waals surface area (Å²) in [6.07, 6.45) is 5.45. The Balaban J connectivity index is 1.72. The largest absolute Gasteiger partial charge is 0.383 e. The minimum Gasteiger partial charge on any atom is -0.383 e. The van der Waals surface area contributed by atoms with Crippen LogP contribution in [0.15, 0.2) is 55.1 Å². The first-order chi connectivity index (χ1) is 15.4. The Hall–Kier alpha value is -3.78. The van der Waals surface area contributed by atoms with Gasteiger partial charge in [0.1, 0.15) is 12.1 Å². The molecule has 32 heavy (non-hydrogen) atoms. The molecule has 5 heterocycles. The number of nitrogens with zero attached hydrogens (tertiary/aromatic N) is 7. The highest BCUT2D eigenvalue weighted by atomic mass is 15.3. The van der Waals surface area contributed by atoms with Gasteiger partial charge in [-0.3, -0.25) is 4.98 Å². The van der Waals surface area contributed by atoms with Crippen LogP contribution in [-0.4, -0.2) is 48.1 Å². The van der Waals surface area contributed by atoms with Gasteiger partial charge in [0.15, 0.2) is 5.65 Å². The highest BCUT2D eigenvalue weighted by molar-refractivity contribution is 5.88. The molecule has 0 aliphatic carbocycles. The molecule has 1 atom stereocenters. The predicted octanol–water partition coefficient (Wildman–Crippen LogP) is 3.70. The van der Waals surface area contributed by atoms with Crippen molar-refractivity contribution < 1.29 is 0 Å². The third kappa shape index (κ3) is 3.29. The zero-order valence-corrected chi connectivity index (χ0v) is 18.7. The first-order valence-electron chi connectivity index (χ1n) is 10.6. The number of aryl methyl sites for hydroxylation is 1. The van der Waals surface area contributed by atoms with Crippen LogP contribution in [-0.2, 0) is 6.54 Å². The van der Waals surface area contributed by atoms with E-state index in [0.29, 0.717) is 5.82 Å². The van der Waals surface area contributed by atoms with Crippen LogP contribution in [0.5, 0.6) is 0 Å². The summed E-state index contributed by atoms with van der Waals surface area (Å²) >= 11 is 0. The predicted molar refractivity (Wildman–Crippen MR) is 126 cm³/mol. The number of pyridine rings is 2. The van der Waals surface area contributed by atoms with E-state index >= 15 is 0 Å². The van der Waals surface area contributed by atoms with Crippen LogP contribution in [0.3, 0.4) is 0 Å². The van der Waals surface area contributed by atoms with E-state index < -0.39 is 0 Å². The molecule has 2 N–H and O–H groups in total. The van der Waals surface area contributed by atoms with Gasteiger partial charge in [0.2, 0.25) is 0 Å². The zero-order valence-electron chi connectivity index (χ0n) is 18.7. The number of aromatic nitrogens is 6. The molecule has 5 rings (SSSR count). The fourth-order valence-corrected chi connectivity index (χ4v) is 4.37. The Morgan fingerprint density at radius 1 is 1.09 bits per heavy atom. The summed E-state index contributed by atoms with van der Waals surface area (Å²) in [6, 6.07) is 12.5. The average molecular weight is 427 g/mol. The third-order valence-electron chi connectivity index (χ3n) is 5.78. The van der Waals surface area contributed by atoms with Crippen LogP contribution >= 0.6 is 0 Å². The number of anilines is 1. The van der Waals surface area contributed by atoms with E-state index in [9.17, 15) is 0 Å². The lowest BCUT2D eigenvalue weighted by Gasteiger charge is -2.16. The molecule has 0 spiro atoms. The maximum absolute atomic E-state index is 6.13. The van der Waals surface area contributed by atoms with Crippen molar-refractivity contribution in [3.8, 4) is 11.4 Å². The fourth-order valence-electron chi connectivity index (χ4n) is 4.37. The lowest BCUT2D eigenvalue weighted by molar-refractivity contribution is 0.402. The second kappa shape index (κ2) is 7.72. The smallest absolute Gasteiger partial charge is 0.164 e. The van der Waals surface area contributed by atoms with Crippen LogP contribution in [0.2, 0.25) is 0 Å². The minimum absolute atomic E-state index is 0.0882. The second-order valence-electron chi connectivity index (χ2n) is 8.39. The monoisotopic (exact) mass is 426 g/mol. The number of nitrogens with two attached hydrogens (primary N) is 1. The van der Waals surface area contributed by atoms with Crippen molar-refractivity contribution in [3.63, 3.8) is 0 Å². The Morgan fingerprint density at radius 3 is 2.75 bits per heavy atom. The van der Waals surface area contributed by atoms with Crippen LogP contribution in [0, 0.1) is 6.92 Å². The van der Waals surface area contributed by atoms with Gasteiger partial charge in [0, 0.05) is 30.0 Å². The molecular weight excluding hydrogens is 400 g/mol. The Morgan fingerprint density at radius 2 is 1.94 bits per heavy atom. The molecule has 0 aromatic carbocycles. The fraction of sp³-hybridized carbons (Fsp3) is 0.250. The molecule has 0 saturated carbocycles. The molecule has 8 nitrogen and oxygen atoms in total. The van der Waals surface area contributed by atoms with Crippen LogP contribution in [0.4, 0.5) is 5.82 Å². The van der Waals surface area contributed by atoms with E-state index in [1.165, 1.54) is 11.9 Å². The summed E-state index contributed by atoms with van der Waals surface area (Å²) in [5.74, 6) is 0.450. The summed E-state index contributed by atoms with van der Waals surface area (Å²) in [5, 5.41) is 5.59. The van der Waals surface area contributed by atoms with Gasteiger partial charge in [0.05, 0.1) is 28.5 Å². The van der Waals surface area contributed by atoms with Crippen molar-refractivity contribution in [3.05, 3.63) is 71.9 Å². The average Bonchev–Trinajstić information content (AvgIpc) is 3.32. The SMILES string of the molecule is Cc1nn(C(C)c2cc3ccccn3c2-c2cc(CN(C)C)ccn2)c2ncnc(N)c12. The zero-order chi connectivity index (χ0) is 22.4. The number of fused-ring (bicyclic) bond motifs is 2. The lowest BCUT2D eigenvalue weighted by atomic mass is 10.1. The van der Waals surface area contributed by atoms with Gasteiger partial charge in [-0.25, -0.2) is 14.6 Å². The summed E-state index contributed by atoms with van der Waals surface area (Å²) in [4.78, 5) is 15.5. The van der Waals surface area contributed by atoms with E-state index in [1.807, 2.05) is 29.9 Å². The molecule has 0 aliphatic heterocycles. The normalized spacial score (nSPS) is 12.8. The van der Waals surface area contributed by atoms with Crippen LogP contribution < -0.4 is 5.73 Å². The van der Waals surface area contributed by atoms with Gasteiger partial charge in [-0.05, 0) is 63.8 Å². The van der Waals surface area contributed by atoms with E-state index in [2.05, 4.69) is 70.7 Å². The van der Waals surface area contributed by atoms with Gasteiger partial charge in [-0.2, -0.15) is 5.10 Å². The Labute approximate surface area is 186 Å². The third-order valence-corrected chi connectivity index (χ3v) is 5.78. The Kier molecular flexibility index (Phi) is 4.86. The molecule has 162 valence electrons. The lowest BCUT2D eigenvalue weighted by Crippen LogP contribution is -2.12. The molecule has 1 unspecified atom stereocenters. The van der Waals surface area contributed by atoms with Crippen molar-refractivity contribution >= 4 is 22.4 Å². The first-order valence-corrected chi connectivity index (χ1v) is 10.6. The number of hydrogen-bond donors (Lipinski definition) is 1. The molecule has 8 heteroatoms. The van der Waals surface area contributed by atoms with E-state index in [4.69, 9.17) is 15.8 Å². The number of hydrogen-bond acceptors (Lipinski definition) is 6. The summed E-state index contributed by atoms with van der Waals surface area (Å²) < 4.78 is 4.13. The minimum atomic E-state index is -0.0882. The summed E-state index contributed by atoms with van der Waals surface area (Å²) in [6.45, 7) is 4.92. The molecule has 0 amide bonds. The quantitative estimate of drug-likeness (QED) is 0.461. The van der Waals surface area contributed by atoms with E-state index in [0.717, 1.165) is 45.7 Å². The summed E-state index contributed by atoms with van der Waals surface area (Å²) in [5.41, 5.74) is 13.1. The van der Waals surface area contributed by atoms with Gasteiger partial charge in [-0.1, -0.05) is 6.07 Å². The molecular formula is C24H26N8. The highest BCUT2D eigenvalue weighted by Crippen LogP contribution is 2.35. The first kappa shape index (κ1) is 20.1. The Bertz CT molecular complexity index is 1430. The van der Waals surface area contributed by atoms with Crippen LogP contribution in [0.1, 0.15) is 29.8 Å². The van der Waals surface area contributed by atoms with Gasteiger partial charge in [-0.15, -0.1) is 0 Å². The van der Waals surface area contributed by atoms with Crippen molar-refractivity contribution in [2.24, 2.45) is 0 Å². The van der Waals surface area contributed by atoms with Crippen molar-refractivity contribution in [2.75, 3.05) is 19.8 Å². The molecule has 0 saturated heterocycles. The van der Waals surface area contributed by atoms with E-state index in [-0.39, 0.29) is 6.04 Å². The molecule has 5 aromatic heterocycles. The standard InChI is InChI=1S/C24H26N8/c1-15-21-23(25)27-14-28-24(21)32(29-15)16(2)19-12-18-7-5-6-10-31(18)22(19)20-11-17(8-9-26-20)13-30(3)4/h5-12,14,16H,13H2,1-4H3,(H2,25,27,28). The second-order valence-corrected chi connectivity index (χ2v) is 8.39. The maximum Gasteiger partial charge on any atom is 0.164 e. The summed E-state index contributed by atoms with van der Waals surface area (Å²) in [7, 11) is 4.14. The highest BCUT2D eigenvalue weighted by Gasteiger charge is 2.23. The van der Waals surface area contributed by atoms with Gasteiger partial charge < -0.3 is 15.0 Å². The van der Waals surface area contributed by atoms with Crippen molar-refractivity contribution in [1.82, 2.24) is 34.0 Å². The van der Waals surface area contributed by atoms with Crippen LogP contribution in [0.25, 0.3) is 27.9 Å². The molecule has 5 aromatic rings. The topological polar surface area (TPSA) is 90.2 Å². The molecule has 0 bridgehead atoms. The van der Waals surface area contributed by atoms with Crippen molar-refractivity contribution in [1.29, 1.82) is 0 Å². The van der Waals surface area contributed by atoms with Gasteiger partial charge >= 0.3 is 0 Å². The maximum atomic E-state index is 6.13. The van der Waals surface area contributed by atoms with Crippen molar-refractivity contribution in [2.45, 2.75) is 26.4 Å². The van der Waals surface area contributed by atoms with E-state index in [1.54, 1.807) is 0 Å².